The minimum Gasteiger partial charge on any atom is -0.310 e. The van der Waals surface area contributed by atoms with E-state index in [0.29, 0.717) is 0 Å². The summed E-state index contributed by atoms with van der Waals surface area (Å²) in [7, 11) is 0. The molecule has 0 unspecified atom stereocenters. The van der Waals surface area contributed by atoms with Gasteiger partial charge in [0.1, 0.15) is 0 Å². The third kappa shape index (κ3) is 2.55. The molecule has 0 bridgehead atoms. The second-order valence-electron chi connectivity index (χ2n) is 11.3. The van der Waals surface area contributed by atoms with E-state index in [1.165, 1.54) is 71.7 Å². The molecule has 40 heavy (non-hydrogen) atoms. The Labute approximate surface area is 234 Å². The van der Waals surface area contributed by atoms with Crippen LogP contribution in [0.1, 0.15) is 27.8 Å². The molecule has 0 fully saturated rings. The van der Waals surface area contributed by atoms with E-state index in [4.69, 9.17) is 0 Å². The second kappa shape index (κ2) is 7.86. The Hall–Kier alpha value is -4.82. The fraction of sp³-hybridized carbons (Fsp3) is 0.0526. The summed E-state index contributed by atoms with van der Waals surface area (Å²) in [6, 6.07) is 52.1. The van der Waals surface area contributed by atoms with Crippen LogP contribution in [0.3, 0.4) is 0 Å². The molecule has 186 valence electrons. The largest absolute Gasteiger partial charge is 0.310 e. The van der Waals surface area contributed by atoms with E-state index in [-0.39, 0.29) is 6.71 Å². The molecule has 1 aromatic heterocycles. The minimum absolute atomic E-state index is 0.169. The van der Waals surface area contributed by atoms with Crippen molar-refractivity contribution in [3.63, 3.8) is 0 Å². The Balaban J connectivity index is 1.55. The van der Waals surface area contributed by atoms with Crippen LogP contribution in [-0.4, -0.2) is 11.3 Å². The minimum atomic E-state index is -0.431. The number of rotatable bonds is 2. The van der Waals surface area contributed by atoms with Crippen molar-refractivity contribution in [2.45, 2.75) is 12.3 Å². The van der Waals surface area contributed by atoms with E-state index in [1.54, 1.807) is 0 Å². The smallest absolute Gasteiger partial charge is 0.247 e. The van der Waals surface area contributed by atoms with Crippen LogP contribution >= 0.6 is 0 Å². The third-order valence-corrected chi connectivity index (χ3v) is 9.46. The molecule has 2 heteroatoms. The maximum absolute atomic E-state index is 2.54. The average molecular weight is 507 g/mol. The number of benzene rings is 6. The summed E-state index contributed by atoms with van der Waals surface area (Å²) >= 11 is 0. The summed E-state index contributed by atoms with van der Waals surface area (Å²) in [4.78, 5) is 0. The molecular formula is C38H26BN. The van der Waals surface area contributed by atoms with E-state index < -0.39 is 5.41 Å². The van der Waals surface area contributed by atoms with Gasteiger partial charge in [0, 0.05) is 22.0 Å². The zero-order chi connectivity index (χ0) is 26.4. The molecule has 0 amide bonds. The summed E-state index contributed by atoms with van der Waals surface area (Å²) in [5, 5.41) is 2.65. The zero-order valence-electron chi connectivity index (χ0n) is 22.3. The van der Waals surface area contributed by atoms with Crippen LogP contribution in [0.15, 0.2) is 140 Å². The maximum Gasteiger partial charge on any atom is 0.247 e. The molecule has 7 aromatic rings. The number of aryl methyl sites for hydroxylation is 1. The second-order valence-corrected chi connectivity index (χ2v) is 11.3. The lowest BCUT2D eigenvalue weighted by atomic mass is 9.29. The highest BCUT2D eigenvalue weighted by molar-refractivity contribution is 6.99. The van der Waals surface area contributed by atoms with Gasteiger partial charge in [0.2, 0.25) is 6.71 Å². The van der Waals surface area contributed by atoms with Gasteiger partial charge in [0.15, 0.2) is 0 Å². The lowest BCUT2D eigenvalue weighted by Crippen LogP contribution is -2.64. The molecule has 0 saturated carbocycles. The summed E-state index contributed by atoms with van der Waals surface area (Å²) in [6.45, 7) is 2.47. The molecule has 2 aliphatic rings. The molecule has 2 aliphatic heterocycles. The fourth-order valence-corrected chi connectivity index (χ4v) is 8.11. The number of hydrogen-bond donors (Lipinski definition) is 0. The predicted molar refractivity (Wildman–Crippen MR) is 168 cm³/mol. The van der Waals surface area contributed by atoms with Gasteiger partial charge in [-0.05, 0) is 57.8 Å². The molecule has 6 aromatic carbocycles. The van der Waals surface area contributed by atoms with Crippen molar-refractivity contribution in [1.29, 1.82) is 0 Å². The van der Waals surface area contributed by atoms with Gasteiger partial charge in [-0.25, -0.2) is 0 Å². The van der Waals surface area contributed by atoms with E-state index in [0.717, 1.165) is 0 Å². The lowest BCUT2D eigenvalue weighted by Gasteiger charge is -2.47. The Morgan fingerprint density at radius 2 is 1.18 bits per heavy atom. The highest BCUT2D eigenvalue weighted by Gasteiger charge is 2.51. The van der Waals surface area contributed by atoms with Gasteiger partial charge in [-0.1, -0.05) is 133 Å². The van der Waals surface area contributed by atoms with E-state index >= 15 is 0 Å². The van der Waals surface area contributed by atoms with E-state index in [2.05, 4.69) is 151 Å². The number of hydrogen-bond acceptors (Lipinski definition) is 0. The van der Waals surface area contributed by atoms with Crippen LogP contribution < -0.4 is 16.4 Å². The summed E-state index contributed by atoms with van der Waals surface area (Å²) in [6.07, 6.45) is 0. The van der Waals surface area contributed by atoms with Gasteiger partial charge in [-0.15, -0.1) is 0 Å². The topological polar surface area (TPSA) is 4.93 Å². The van der Waals surface area contributed by atoms with E-state index in [9.17, 15) is 0 Å². The molecule has 0 N–H and O–H groups in total. The fourth-order valence-electron chi connectivity index (χ4n) is 8.11. The molecule has 0 saturated heterocycles. The van der Waals surface area contributed by atoms with Gasteiger partial charge in [0.25, 0.3) is 0 Å². The first kappa shape index (κ1) is 22.0. The van der Waals surface area contributed by atoms with Crippen molar-refractivity contribution in [3.8, 4) is 5.69 Å². The molecule has 0 aliphatic carbocycles. The zero-order valence-corrected chi connectivity index (χ0v) is 22.3. The van der Waals surface area contributed by atoms with Crippen molar-refractivity contribution >= 4 is 44.9 Å². The van der Waals surface area contributed by atoms with Crippen LogP contribution in [0.5, 0.6) is 0 Å². The highest BCUT2D eigenvalue weighted by Crippen LogP contribution is 2.48. The van der Waals surface area contributed by atoms with E-state index in [1.807, 2.05) is 0 Å². The lowest BCUT2D eigenvalue weighted by molar-refractivity contribution is 0.743. The van der Waals surface area contributed by atoms with Gasteiger partial charge >= 0.3 is 0 Å². The van der Waals surface area contributed by atoms with Crippen LogP contribution in [0.2, 0.25) is 0 Å². The van der Waals surface area contributed by atoms with Crippen LogP contribution in [-0.2, 0) is 5.41 Å². The molecule has 0 atom stereocenters. The maximum atomic E-state index is 2.54. The third-order valence-electron chi connectivity index (χ3n) is 9.46. The van der Waals surface area contributed by atoms with Gasteiger partial charge in [-0.3, -0.25) is 0 Å². The van der Waals surface area contributed by atoms with Crippen molar-refractivity contribution in [1.82, 2.24) is 4.57 Å². The molecule has 0 radical (unpaired) electrons. The standard InChI is InChI=1S/C38H26BN/c1-25-13-10-21-31-35(25)38(26-14-4-2-5-15-26,27-16-6-3-7-17-27)30-20-12-24-34-36(30)39(31)32-22-11-19-29-28-18-8-9-23-33(28)40(34)37(29)32/h2-24H,1H3. The van der Waals surface area contributed by atoms with Crippen LogP contribution in [0.4, 0.5) is 0 Å². The first-order chi connectivity index (χ1) is 19.8. The molecule has 1 nitrogen and oxygen atoms in total. The number of aromatic nitrogens is 1. The van der Waals surface area contributed by atoms with Crippen molar-refractivity contribution < 1.29 is 0 Å². The van der Waals surface area contributed by atoms with Crippen LogP contribution in [0.25, 0.3) is 27.5 Å². The molecule has 3 heterocycles. The average Bonchev–Trinajstić information content (AvgIpc) is 3.36. The molecule has 0 spiro atoms. The van der Waals surface area contributed by atoms with Gasteiger partial charge < -0.3 is 4.57 Å². The first-order valence-electron chi connectivity index (χ1n) is 14.2. The number of para-hydroxylation sites is 2. The van der Waals surface area contributed by atoms with Gasteiger partial charge in [-0.2, -0.15) is 0 Å². The summed E-state index contributed by atoms with van der Waals surface area (Å²) in [5.41, 5.74) is 14.5. The Morgan fingerprint density at radius 1 is 0.550 bits per heavy atom. The monoisotopic (exact) mass is 507 g/mol. The van der Waals surface area contributed by atoms with Crippen LogP contribution in [0, 0.1) is 6.92 Å². The Morgan fingerprint density at radius 3 is 1.95 bits per heavy atom. The molecule has 9 rings (SSSR count). The quantitative estimate of drug-likeness (QED) is 0.232. The van der Waals surface area contributed by atoms with Crippen molar-refractivity contribution in [3.05, 3.63) is 167 Å². The SMILES string of the molecule is Cc1cccc2c1C(c1ccccc1)(c1ccccc1)c1cccc3c1B2c1cccc2c4ccccc4n-3c12. The summed E-state index contributed by atoms with van der Waals surface area (Å²) < 4.78 is 2.54. The molecular weight excluding hydrogens is 481 g/mol. The summed E-state index contributed by atoms with van der Waals surface area (Å²) in [5.74, 6) is 0. The predicted octanol–water partition coefficient (Wildman–Crippen LogP) is 6.62. The first-order valence-corrected chi connectivity index (χ1v) is 14.2. The Kier molecular flexibility index (Phi) is 4.34. The van der Waals surface area contributed by atoms with Gasteiger partial charge in [0.05, 0.1) is 10.9 Å². The number of fused-ring (bicyclic) bond motifs is 7. The number of nitrogens with zero attached hydrogens (tertiary/aromatic N) is 1. The normalized spacial score (nSPS) is 14.3. The van der Waals surface area contributed by atoms with Crippen molar-refractivity contribution in [2.75, 3.05) is 0 Å². The van der Waals surface area contributed by atoms with Crippen molar-refractivity contribution in [2.24, 2.45) is 0 Å². The highest BCUT2D eigenvalue weighted by atomic mass is 15.0. The Bertz CT molecular complexity index is 2080.